The Labute approximate surface area is 151 Å². The van der Waals surface area contributed by atoms with Gasteiger partial charge in [-0.2, -0.15) is 0 Å². The predicted molar refractivity (Wildman–Crippen MR) is 92.2 cm³/mol. The number of aliphatic hydroxyl groups is 1. The van der Waals surface area contributed by atoms with Gasteiger partial charge in [-0.25, -0.2) is 4.79 Å². The summed E-state index contributed by atoms with van der Waals surface area (Å²) >= 11 is 0. The Morgan fingerprint density at radius 2 is 2.12 bits per heavy atom. The van der Waals surface area contributed by atoms with Gasteiger partial charge < -0.3 is 19.5 Å². The number of allylic oxidation sites excluding steroid dienone is 1. The normalized spacial score (nSPS) is 28.1. The van der Waals surface area contributed by atoms with E-state index in [0.717, 1.165) is 5.70 Å². The zero-order valence-corrected chi connectivity index (χ0v) is 15.0. The van der Waals surface area contributed by atoms with Crippen LogP contribution in [0.5, 0.6) is 0 Å². The number of nitro benzene ring substituents is 1. The molecule has 1 N–H and O–H groups in total. The number of aliphatic hydroxyl groups excluding tert-OH is 1. The van der Waals surface area contributed by atoms with Crippen LogP contribution < -0.4 is 0 Å². The fraction of sp³-hybridized carbons (Fsp3) is 0.500. The maximum absolute atomic E-state index is 12.6. The molecular weight excluding hydrogens is 340 g/mol. The van der Waals surface area contributed by atoms with Crippen molar-refractivity contribution in [3.8, 4) is 0 Å². The zero-order chi connectivity index (χ0) is 19.1. The van der Waals surface area contributed by atoms with E-state index in [1.807, 2.05) is 18.7 Å². The number of hydrogen-bond donors (Lipinski definition) is 1. The third kappa shape index (κ3) is 2.65. The summed E-state index contributed by atoms with van der Waals surface area (Å²) < 4.78 is 11.0. The van der Waals surface area contributed by atoms with Gasteiger partial charge >= 0.3 is 5.97 Å². The maximum Gasteiger partial charge on any atom is 0.336 e. The van der Waals surface area contributed by atoms with Crippen LogP contribution in [-0.4, -0.2) is 53.5 Å². The average molecular weight is 362 g/mol. The number of fused-ring (bicyclic) bond motifs is 1. The smallest absolute Gasteiger partial charge is 0.336 e. The minimum atomic E-state index is -0.761. The molecule has 2 aliphatic rings. The Balaban J connectivity index is 2.17. The number of nitro groups is 1. The van der Waals surface area contributed by atoms with Crippen molar-refractivity contribution in [1.29, 1.82) is 0 Å². The van der Waals surface area contributed by atoms with Crippen LogP contribution in [-0.2, 0) is 14.3 Å². The number of rotatable bonds is 4. The highest BCUT2D eigenvalue weighted by Gasteiger charge is 2.54. The molecule has 0 radical (unpaired) electrons. The van der Waals surface area contributed by atoms with Gasteiger partial charge in [0.05, 0.1) is 30.8 Å². The minimum Gasteiger partial charge on any atom is -0.466 e. The summed E-state index contributed by atoms with van der Waals surface area (Å²) in [5.41, 5.74) is 1.09. The Morgan fingerprint density at radius 1 is 1.46 bits per heavy atom. The second-order valence-corrected chi connectivity index (χ2v) is 6.66. The van der Waals surface area contributed by atoms with E-state index in [-0.39, 0.29) is 12.3 Å². The number of benzene rings is 1. The summed E-state index contributed by atoms with van der Waals surface area (Å²) in [7, 11) is 1.32. The van der Waals surface area contributed by atoms with E-state index in [4.69, 9.17) is 9.47 Å². The molecule has 3 rings (SSSR count). The van der Waals surface area contributed by atoms with Gasteiger partial charge in [-0.1, -0.05) is 12.1 Å². The molecule has 8 heteroatoms. The van der Waals surface area contributed by atoms with Gasteiger partial charge in [0.2, 0.25) is 0 Å². The summed E-state index contributed by atoms with van der Waals surface area (Å²) in [6.45, 7) is 4.64. The van der Waals surface area contributed by atoms with Crippen LogP contribution in [0.1, 0.15) is 25.3 Å². The van der Waals surface area contributed by atoms with Gasteiger partial charge in [-0.3, -0.25) is 10.1 Å². The van der Waals surface area contributed by atoms with Crippen LogP contribution in [0.15, 0.2) is 35.5 Å². The average Bonchev–Trinajstić information content (AvgIpc) is 3.03. The summed E-state index contributed by atoms with van der Waals surface area (Å²) in [6, 6.07) is 6.04. The largest absolute Gasteiger partial charge is 0.466 e. The molecular formula is C18H22N2O6. The van der Waals surface area contributed by atoms with Crippen molar-refractivity contribution < 1.29 is 24.3 Å². The van der Waals surface area contributed by atoms with Crippen LogP contribution >= 0.6 is 0 Å². The highest BCUT2D eigenvalue weighted by Crippen LogP contribution is 2.50. The summed E-state index contributed by atoms with van der Waals surface area (Å²) in [6.07, 6.45) is 0. The lowest BCUT2D eigenvalue weighted by atomic mass is 9.71. The number of methoxy groups -OCH3 is 1. The SMILES string of the molecule is COC(=O)C1=C(C)N2CCO[C@@]2(C)[C@@H](CO)[C@@H]1c1ccc([N+](=O)[O-])cc1. The lowest BCUT2D eigenvalue weighted by Gasteiger charge is -2.49. The first-order chi connectivity index (χ1) is 12.3. The molecule has 140 valence electrons. The molecule has 0 saturated carbocycles. The van der Waals surface area contributed by atoms with Crippen molar-refractivity contribution in [1.82, 2.24) is 4.90 Å². The van der Waals surface area contributed by atoms with Crippen molar-refractivity contribution in [2.24, 2.45) is 5.92 Å². The molecule has 3 atom stereocenters. The highest BCUT2D eigenvalue weighted by atomic mass is 16.6. The molecule has 2 heterocycles. The zero-order valence-electron chi connectivity index (χ0n) is 15.0. The number of hydrogen-bond acceptors (Lipinski definition) is 7. The number of esters is 1. The molecule has 1 fully saturated rings. The van der Waals surface area contributed by atoms with Gasteiger partial charge in [0, 0.05) is 36.2 Å². The highest BCUT2D eigenvalue weighted by molar-refractivity contribution is 5.91. The topological polar surface area (TPSA) is 102 Å². The standard InChI is InChI=1S/C18H22N2O6/c1-11-15(17(22)25-3)16(12-4-6-13(7-5-12)20(23)24)14(10-21)18(2)19(11)8-9-26-18/h4-7,14,16,21H,8-10H2,1-3H3/t14-,16-,18-/m0/s1. The molecule has 0 amide bonds. The van der Waals surface area contributed by atoms with Crippen LogP contribution in [0.4, 0.5) is 5.69 Å². The van der Waals surface area contributed by atoms with E-state index >= 15 is 0 Å². The van der Waals surface area contributed by atoms with Crippen molar-refractivity contribution in [3.63, 3.8) is 0 Å². The molecule has 0 unspecified atom stereocenters. The molecule has 26 heavy (non-hydrogen) atoms. The first-order valence-corrected chi connectivity index (χ1v) is 8.41. The monoisotopic (exact) mass is 362 g/mol. The summed E-state index contributed by atoms with van der Waals surface area (Å²) in [5, 5.41) is 21.1. The first-order valence-electron chi connectivity index (χ1n) is 8.41. The van der Waals surface area contributed by atoms with Crippen molar-refractivity contribution in [3.05, 3.63) is 51.2 Å². The summed E-state index contributed by atoms with van der Waals surface area (Å²) in [5.74, 6) is -1.39. The summed E-state index contributed by atoms with van der Waals surface area (Å²) in [4.78, 5) is 25.0. The third-order valence-electron chi connectivity index (χ3n) is 5.51. The molecule has 1 aromatic rings. The molecule has 1 aromatic carbocycles. The Bertz CT molecular complexity index is 759. The second kappa shape index (κ2) is 6.69. The number of carbonyl (C=O) groups excluding carboxylic acids is 1. The number of carbonyl (C=O) groups is 1. The van der Waals surface area contributed by atoms with Crippen LogP contribution in [0.25, 0.3) is 0 Å². The first kappa shape index (κ1) is 18.3. The van der Waals surface area contributed by atoms with E-state index < -0.39 is 28.5 Å². The van der Waals surface area contributed by atoms with Crippen molar-refractivity contribution in [2.75, 3.05) is 26.9 Å². The Hall–Kier alpha value is -2.45. The van der Waals surface area contributed by atoms with Crippen LogP contribution in [0.2, 0.25) is 0 Å². The van der Waals surface area contributed by atoms with Gasteiger partial charge in [0.25, 0.3) is 5.69 Å². The lowest BCUT2D eigenvalue weighted by Crippen LogP contribution is -2.55. The number of ether oxygens (including phenoxy) is 2. The van der Waals surface area contributed by atoms with Gasteiger partial charge in [0.1, 0.15) is 5.72 Å². The quantitative estimate of drug-likeness (QED) is 0.495. The third-order valence-corrected chi connectivity index (χ3v) is 5.51. The molecule has 1 saturated heterocycles. The van der Waals surface area contributed by atoms with E-state index in [9.17, 15) is 20.0 Å². The van der Waals surface area contributed by atoms with Crippen LogP contribution in [0.3, 0.4) is 0 Å². The van der Waals surface area contributed by atoms with Crippen LogP contribution in [0, 0.1) is 16.0 Å². The lowest BCUT2D eigenvalue weighted by molar-refractivity contribution is -0.384. The fourth-order valence-electron chi connectivity index (χ4n) is 4.19. The molecule has 2 aliphatic heterocycles. The predicted octanol–water partition coefficient (Wildman–Crippen LogP) is 1.80. The number of nitrogens with zero attached hydrogens (tertiary/aromatic N) is 2. The van der Waals surface area contributed by atoms with Gasteiger partial charge in [-0.05, 0) is 19.4 Å². The van der Waals surface area contributed by atoms with Gasteiger partial charge in [-0.15, -0.1) is 0 Å². The molecule has 0 bridgehead atoms. The van der Waals surface area contributed by atoms with E-state index in [2.05, 4.69) is 0 Å². The van der Waals surface area contributed by atoms with E-state index in [1.165, 1.54) is 19.2 Å². The fourth-order valence-corrected chi connectivity index (χ4v) is 4.19. The Kier molecular flexibility index (Phi) is 4.72. The minimum absolute atomic E-state index is 0.0321. The molecule has 0 aromatic heterocycles. The van der Waals surface area contributed by atoms with Gasteiger partial charge in [0.15, 0.2) is 0 Å². The second-order valence-electron chi connectivity index (χ2n) is 6.66. The molecule has 0 spiro atoms. The molecule has 8 nitrogen and oxygen atoms in total. The van der Waals surface area contributed by atoms with Crippen molar-refractivity contribution >= 4 is 11.7 Å². The van der Waals surface area contributed by atoms with Crippen molar-refractivity contribution in [2.45, 2.75) is 25.5 Å². The molecule has 0 aliphatic carbocycles. The van der Waals surface area contributed by atoms with E-state index in [1.54, 1.807) is 12.1 Å². The maximum atomic E-state index is 12.6. The number of non-ortho nitro benzene ring substituents is 1. The Morgan fingerprint density at radius 3 is 2.65 bits per heavy atom. The van der Waals surface area contributed by atoms with E-state index in [0.29, 0.717) is 24.3 Å².